The highest BCUT2D eigenvalue weighted by Gasteiger charge is 2.51. The zero-order valence-electron chi connectivity index (χ0n) is 19.9. The Bertz CT molecular complexity index is 1300. The minimum atomic E-state index is -0.299. The van der Waals surface area contributed by atoms with Crippen molar-refractivity contribution < 1.29 is 18.7 Å². The molecule has 6 nitrogen and oxygen atoms in total. The van der Waals surface area contributed by atoms with Gasteiger partial charge in [0.25, 0.3) is 5.91 Å². The van der Waals surface area contributed by atoms with Gasteiger partial charge in [-0.25, -0.2) is 4.98 Å². The third kappa shape index (κ3) is 4.77. The average molecular weight is 481 g/mol. The number of oxazole rings is 1. The monoisotopic (exact) mass is 480 g/mol. The number of rotatable bonds is 8. The Kier molecular flexibility index (Phi) is 6.26. The van der Waals surface area contributed by atoms with Crippen molar-refractivity contribution in [2.75, 3.05) is 5.32 Å². The van der Waals surface area contributed by atoms with Crippen LogP contribution in [0.2, 0.25) is 0 Å². The lowest BCUT2D eigenvalue weighted by molar-refractivity contribution is 0.0898. The van der Waals surface area contributed by atoms with E-state index in [1.807, 2.05) is 60.7 Å². The van der Waals surface area contributed by atoms with Crippen molar-refractivity contribution in [2.24, 2.45) is 5.92 Å². The molecule has 4 atom stereocenters. The fourth-order valence-electron chi connectivity index (χ4n) is 5.38. The van der Waals surface area contributed by atoms with Crippen LogP contribution in [0.4, 0.5) is 5.69 Å². The van der Waals surface area contributed by atoms with Crippen molar-refractivity contribution in [2.45, 2.75) is 44.0 Å². The molecule has 182 valence electrons. The molecule has 0 radical (unpaired) electrons. The summed E-state index contributed by atoms with van der Waals surface area (Å²) in [6.07, 6.45) is 4.75. The molecule has 0 unspecified atom stereocenters. The lowest BCUT2D eigenvalue weighted by Gasteiger charge is -2.25. The summed E-state index contributed by atoms with van der Waals surface area (Å²) in [6.45, 7) is 0.492. The first kappa shape index (κ1) is 22.6. The van der Waals surface area contributed by atoms with Crippen molar-refractivity contribution >= 4 is 11.6 Å². The van der Waals surface area contributed by atoms with Gasteiger partial charge >= 0.3 is 0 Å². The molecule has 2 fully saturated rings. The van der Waals surface area contributed by atoms with E-state index in [9.17, 15) is 4.79 Å². The summed E-state index contributed by atoms with van der Waals surface area (Å²) in [7, 11) is 0. The summed E-state index contributed by atoms with van der Waals surface area (Å²) in [5, 5.41) is 2.90. The molecule has 0 aliphatic carbocycles. The molecule has 2 bridgehead atoms. The Morgan fingerprint density at radius 2 is 1.58 bits per heavy atom. The van der Waals surface area contributed by atoms with Gasteiger partial charge in [0.15, 0.2) is 5.69 Å². The van der Waals surface area contributed by atoms with Crippen molar-refractivity contribution in [3.63, 3.8) is 0 Å². The molecule has 3 heterocycles. The van der Waals surface area contributed by atoms with Crippen LogP contribution in [0.15, 0.2) is 95.6 Å². The molecule has 1 N–H and O–H groups in total. The van der Waals surface area contributed by atoms with Crippen LogP contribution in [-0.4, -0.2) is 23.1 Å². The van der Waals surface area contributed by atoms with Gasteiger partial charge < -0.3 is 19.2 Å². The lowest BCUT2D eigenvalue weighted by Crippen LogP contribution is -2.27. The Labute approximate surface area is 210 Å². The Morgan fingerprint density at radius 3 is 2.33 bits per heavy atom. The zero-order valence-corrected chi connectivity index (χ0v) is 19.9. The molecule has 0 spiro atoms. The number of carbonyl (C=O) groups excluding carboxylic acids is 1. The molecule has 3 aromatic carbocycles. The molecule has 36 heavy (non-hydrogen) atoms. The minimum Gasteiger partial charge on any atom is -0.489 e. The Hall–Kier alpha value is -3.90. The number of ether oxygens (including phenoxy) is 2. The van der Waals surface area contributed by atoms with Crippen LogP contribution in [0, 0.1) is 5.92 Å². The molecular formula is C30H28N2O4. The molecule has 2 saturated heterocycles. The van der Waals surface area contributed by atoms with Gasteiger partial charge in [-0.1, -0.05) is 60.7 Å². The van der Waals surface area contributed by atoms with Gasteiger partial charge in [0.1, 0.15) is 18.6 Å². The molecule has 6 heteroatoms. The predicted octanol–water partition coefficient (Wildman–Crippen LogP) is 6.01. The van der Waals surface area contributed by atoms with E-state index in [0.29, 0.717) is 24.1 Å². The van der Waals surface area contributed by atoms with Crippen molar-refractivity contribution in [1.29, 1.82) is 0 Å². The number of anilines is 1. The summed E-state index contributed by atoms with van der Waals surface area (Å²) in [6, 6.07) is 27.8. The van der Waals surface area contributed by atoms with E-state index in [2.05, 4.69) is 34.6 Å². The summed E-state index contributed by atoms with van der Waals surface area (Å²) in [4.78, 5) is 17.5. The molecule has 2 aliphatic heterocycles. The number of aromatic nitrogens is 1. The van der Waals surface area contributed by atoms with Crippen molar-refractivity contribution in [3.05, 3.63) is 114 Å². The number of nitrogens with one attached hydrogen (secondary N) is 1. The highest BCUT2D eigenvalue weighted by Crippen LogP contribution is 2.49. The minimum absolute atomic E-state index is 0.0616. The van der Waals surface area contributed by atoms with Crippen LogP contribution in [0.25, 0.3) is 0 Å². The number of nitrogens with zero attached hydrogens (tertiary/aromatic N) is 1. The van der Waals surface area contributed by atoms with E-state index >= 15 is 0 Å². The molecule has 2 aliphatic rings. The van der Waals surface area contributed by atoms with Gasteiger partial charge in [0, 0.05) is 11.6 Å². The summed E-state index contributed by atoms with van der Waals surface area (Å²) in [5.74, 6) is 1.39. The van der Waals surface area contributed by atoms with E-state index < -0.39 is 0 Å². The maximum Gasteiger partial charge on any atom is 0.277 e. The second-order valence-corrected chi connectivity index (χ2v) is 9.49. The fraction of sp³-hybridized carbons (Fsp3) is 0.267. The number of carbonyl (C=O) groups is 1. The summed E-state index contributed by atoms with van der Waals surface area (Å²) in [5.41, 5.74) is 3.32. The number of amides is 1. The van der Waals surface area contributed by atoms with Crippen LogP contribution < -0.4 is 10.1 Å². The zero-order chi connectivity index (χ0) is 24.3. The maximum absolute atomic E-state index is 12.9. The van der Waals surface area contributed by atoms with Gasteiger partial charge in [0.05, 0.1) is 18.1 Å². The van der Waals surface area contributed by atoms with Crippen LogP contribution in [0.3, 0.4) is 0 Å². The van der Waals surface area contributed by atoms with Gasteiger partial charge in [0.2, 0.25) is 5.89 Å². The third-order valence-electron chi connectivity index (χ3n) is 7.14. The lowest BCUT2D eigenvalue weighted by atomic mass is 9.76. The standard InChI is InChI=1S/C30H28N2O4/c33-29(31-22-11-13-23(14-12-22)34-18-21-9-5-2-6-10-21)25-19-35-30(32-25)28-24(26-15-16-27(28)36-26)17-20-7-3-1-4-8-20/h1-14,19,24,26-28H,15-18H2,(H,31,33)/t24-,26-,27+,28-/m0/s1. The molecule has 1 aromatic heterocycles. The van der Waals surface area contributed by atoms with E-state index in [4.69, 9.17) is 13.9 Å². The smallest absolute Gasteiger partial charge is 0.277 e. The van der Waals surface area contributed by atoms with E-state index in [0.717, 1.165) is 30.6 Å². The summed E-state index contributed by atoms with van der Waals surface area (Å²) < 4.78 is 17.9. The molecule has 1 amide bonds. The van der Waals surface area contributed by atoms with Crippen LogP contribution in [0.5, 0.6) is 5.75 Å². The van der Waals surface area contributed by atoms with Crippen molar-refractivity contribution in [3.8, 4) is 5.75 Å². The molecule has 0 saturated carbocycles. The second kappa shape index (κ2) is 9.99. The first-order chi connectivity index (χ1) is 17.7. The quantitative estimate of drug-likeness (QED) is 0.334. The van der Waals surface area contributed by atoms with E-state index in [1.165, 1.54) is 11.8 Å². The highest BCUT2D eigenvalue weighted by atomic mass is 16.5. The van der Waals surface area contributed by atoms with Crippen LogP contribution >= 0.6 is 0 Å². The topological polar surface area (TPSA) is 73.6 Å². The normalized spacial score (nSPS) is 22.4. The Balaban J connectivity index is 1.10. The SMILES string of the molecule is O=C(Nc1ccc(OCc2ccccc2)cc1)c1coc([C@H]2[C@@H](Cc3ccccc3)[C@@H]3CC[C@H]2O3)n1. The predicted molar refractivity (Wildman–Crippen MR) is 136 cm³/mol. The number of fused-ring (bicyclic) bond motifs is 2. The second-order valence-electron chi connectivity index (χ2n) is 9.49. The fourth-order valence-corrected chi connectivity index (χ4v) is 5.38. The number of hydrogen-bond acceptors (Lipinski definition) is 5. The first-order valence-electron chi connectivity index (χ1n) is 12.5. The number of benzene rings is 3. The Morgan fingerprint density at radius 1 is 0.889 bits per heavy atom. The van der Waals surface area contributed by atoms with Gasteiger partial charge in [-0.05, 0) is 54.7 Å². The molecular weight excluding hydrogens is 452 g/mol. The average Bonchev–Trinajstić information content (AvgIpc) is 3.67. The van der Waals surface area contributed by atoms with Crippen molar-refractivity contribution in [1.82, 2.24) is 4.98 Å². The first-order valence-corrected chi connectivity index (χ1v) is 12.5. The molecule has 4 aromatic rings. The van der Waals surface area contributed by atoms with Gasteiger partial charge in [-0.3, -0.25) is 4.79 Å². The number of hydrogen-bond donors (Lipinski definition) is 1. The van der Waals surface area contributed by atoms with Gasteiger partial charge in [-0.2, -0.15) is 0 Å². The summed E-state index contributed by atoms with van der Waals surface area (Å²) >= 11 is 0. The van der Waals surface area contributed by atoms with Crippen LogP contribution in [0.1, 0.15) is 46.3 Å². The van der Waals surface area contributed by atoms with Crippen LogP contribution in [-0.2, 0) is 17.8 Å². The maximum atomic E-state index is 12.9. The largest absolute Gasteiger partial charge is 0.489 e. The highest BCUT2D eigenvalue weighted by molar-refractivity contribution is 6.02. The molecule has 6 rings (SSSR count). The van der Waals surface area contributed by atoms with Gasteiger partial charge in [-0.15, -0.1) is 0 Å². The van der Waals surface area contributed by atoms with E-state index in [1.54, 1.807) is 0 Å². The van der Waals surface area contributed by atoms with E-state index in [-0.39, 0.29) is 29.7 Å². The third-order valence-corrected chi connectivity index (χ3v) is 7.14.